The monoisotopic (exact) mass is 221 g/mol. The topological polar surface area (TPSA) is 44.4 Å². The number of benzene rings is 1. The molecule has 0 aromatic heterocycles. The average Bonchev–Trinajstić information content (AvgIpc) is 2.29. The van der Waals surface area contributed by atoms with Gasteiger partial charge in [0.05, 0.1) is 0 Å². The highest BCUT2D eigenvalue weighted by Crippen LogP contribution is 2.16. The lowest BCUT2D eigenvalue weighted by Crippen LogP contribution is -2.20. The second-order valence-electron chi connectivity index (χ2n) is 3.79. The zero-order valence-electron chi connectivity index (χ0n) is 10.1. The molecule has 0 unspecified atom stereocenters. The smallest absolute Gasteiger partial charge is 0.221 e. The average molecular weight is 221 g/mol. The molecule has 0 aliphatic carbocycles. The summed E-state index contributed by atoms with van der Waals surface area (Å²) in [6.45, 7) is 0.649. The van der Waals surface area contributed by atoms with Crippen molar-refractivity contribution >= 4 is 17.3 Å². The minimum absolute atomic E-state index is 0.0521. The van der Waals surface area contributed by atoms with Crippen molar-refractivity contribution < 1.29 is 4.79 Å². The van der Waals surface area contributed by atoms with E-state index in [9.17, 15) is 4.79 Å². The highest BCUT2D eigenvalue weighted by atomic mass is 16.1. The number of hydrogen-bond acceptors (Lipinski definition) is 3. The first-order valence-electron chi connectivity index (χ1n) is 5.35. The van der Waals surface area contributed by atoms with Crippen molar-refractivity contribution in [2.24, 2.45) is 0 Å². The van der Waals surface area contributed by atoms with Crippen LogP contribution in [0.2, 0.25) is 0 Å². The van der Waals surface area contributed by atoms with E-state index in [1.165, 1.54) is 0 Å². The third-order valence-electron chi connectivity index (χ3n) is 2.32. The van der Waals surface area contributed by atoms with Crippen molar-refractivity contribution in [3.8, 4) is 0 Å². The Kier molecular flexibility index (Phi) is 4.64. The van der Waals surface area contributed by atoms with Gasteiger partial charge in [0.2, 0.25) is 5.91 Å². The largest absolute Gasteiger partial charge is 0.384 e. The molecule has 4 nitrogen and oxygen atoms in total. The Bertz CT molecular complexity index is 350. The molecule has 16 heavy (non-hydrogen) atoms. The minimum Gasteiger partial charge on any atom is -0.384 e. The van der Waals surface area contributed by atoms with Gasteiger partial charge < -0.3 is 15.5 Å². The van der Waals surface area contributed by atoms with Crippen LogP contribution in [0.25, 0.3) is 0 Å². The molecule has 0 saturated heterocycles. The molecular formula is C12H19N3O. The zero-order chi connectivity index (χ0) is 12.0. The Hall–Kier alpha value is -1.71. The molecule has 0 heterocycles. The summed E-state index contributed by atoms with van der Waals surface area (Å²) in [6, 6.07) is 8.10. The number of anilines is 2. The highest BCUT2D eigenvalue weighted by Gasteiger charge is 1.99. The summed E-state index contributed by atoms with van der Waals surface area (Å²) in [5, 5.41) is 5.81. The second-order valence-corrected chi connectivity index (χ2v) is 3.79. The van der Waals surface area contributed by atoms with Gasteiger partial charge in [0.25, 0.3) is 0 Å². The quantitative estimate of drug-likeness (QED) is 0.787. The van der Waals surface area contributed by atoms with Crippen LogP contribution in [-0.4, -0.2) is 33.6 Å². The molecule has 0 spiro atoms. The molecule has 0 bridgehead atoms. The summed E-state index contributed by atoms with van der Waals surface area (Å²) in [7, 11) is 5.66. The molecule has 0 atom stereocenters. The van der Waals surface area contributed by atoms with E-state index in [0.717, 1.165) is 11.4 Å². The Morgan fingerprint density at radius 1 is 1.38 bits per heavy atom. The number of hydrogen-bond donors (Lipinski definition) is 2. The third kappa shape index (κ3) is 3.81. The van der Waals surface area contributed by atoms with Crippen molar-refractivity contribution in [1.29, 1.82) is 0 Å². The van der Waals surface area contributed by atoms with Gasteiger partial charge >= 0.3 is 0 Å². The number of amides is 1. The first-order valence-corrected chi connectivity index (χ1v) is 5.35. The Labute approximate surface area is 96.6 Å². The van der Waals surface area contributed by atoms with E-state index in [0.29, 0.717) is 13.0 Å². The van der Waals surface area contributed by atoms with Crippen molar-refractivity contribution in [2.75, 3.05) is 37.9 Å². The molecule has 0 aliphatic heterocycles. The van der Waals surface area contributed by atoms with Gasteiger partial charge in [0, 0.05) is 45.5 Å². The lowest BCUT2D eigenvalue weighted by Gasteiger charge is -2.14. The summed E-state index contributed by atoms with van der Waals surface area (Å²) >= 11 is 0. The first kappa shape index (κ1) is 12.4. The number of carbonyl (C=O) groups excluding carboxylic acids is 1. The first-order chi connectivity index (χ1) is 7.63. The van der Waals surface area contributed by atoms with E-state index in [4.69, 9.17) is 0 Å². The molecule has 0 aliphatic rings. The predicted octanol–water partition coefficient (Wildman–Crippen LogP) is 1.30. The number of nitrogens with one attached hydrogen (secondary N) is 2. The molecule has 0 fully saturated rings. The lowest BCUT2D eigenvalue weighted by atomic mass is 10.2. The number of rotatable bonds is 5. The molecular weight excluding hydrogens is 202 g/mol. The Balaban J connectivity index is 2.48. The molecule has 0 radical (unpaired) electrons. The van der Waals surface area contributed by atoms with Gasteiger partial charge in [-0.3, -0.25) is 4.79 Å². The van der Waals surface area contributed by atoms with Gasteiger partial charge in [-0.2, -0.15) is 0 Å². The molecule has 4 heteroatoms. The van der Waals surface area contributed by atoms with E-state index in [1.54, 1.807) is 7.05 Å². The van der Waals surface area contributed by atoms with Gasteiger partial charge in [-0.15, -0.1) is 0 Å². The van der Waals surface area contributed by atoms with Crippen molar-refractivity contribution in [3.05, 3.63) is 24.3 Å². The standard InChI is InChI=1S/C12H19N3O/c1-13-12(16)7-8-14-10-5-4-6-11(9-10)15(2)3/h4-6,9,14H,7-8H2,1-3H3,(H,13,16). The van der Waals surface area contributed by atoms with E-state index < -0.39 is 0 Å². The number of carbonyl (C=O) groups is 1. The van der Waals surface area contributed by atoms with E-state index >= 15 is 0 Å². The summed E-state index contributed by atoms with van der Waals surface area (Å²) < 4.78 is 0. The fraction of sp³-hybridized carbons (Fsp3) is 0.417. The third-order valence-corrected chi connectivity index (χ3v) is 2.32. The van der Waals surface area contributed by atoms with E-state index in [1.807, 2.05) is 37.2 Å². The Morgan fingerprint density at radius 3 is 2.75 bits per heavy atom. The summed E-state index contributed by atoms with van der Waals surface area (Å²) in [5.74, 6) is 0.0521. The normalized spacial score (nSPS) is 9.69. The van der Waals surface area contributed by atoms with Gasteiger partial charge in [-0.05, 0) is 18.2 Å². The summed E-state index contributed by atoms with van der Waals surface area (Å²) in [4.78, 5) is 13.1. The molecule has 2 N–H and O–H groups in total. The van der Waals surface area contributed by atoms with Crippen LogP contribution in [0.4, 0.5) is 11.4 Å². The fourth-order valence-corrected chi connectivity index (χ4v) is 1.34. The van der Waals surface area contributed by atoms with Crippen molar-refractivity contribution in [3.63, 3.8) is 0 Å². The van der Waals surface area contributed by atoms with E-state index in [2.05, 4.69) is 16.7 Å². The summed E-state index contributed by atoms with van der Waals surface area (Å²) in [5.41, 5.74) is 2.18. The molecule has 0 saturated carbocycles. The van der Waals surface area contributed by atoms with Crippen molar-refractivity contribution in [1.82, 2.24) is 5.32 Å². The van der Waals surface area contributed by atoms with Crippen LogP contribution in [0.5, 0.6) is 0 Å². The summed E-state index contributed by atoms with van der Waals surface area (Å²) in [6.07, 6.45) is 0.489. The van der Waals surface area contributed by atoms with Crippen molar-refractivity contribution in [2.45, 2.75) is 6.42 Å². The molecule has 1 aromatic carbocycles. The van der Waals surface area contributed by atoms with Gasteiger partial charge in [0.1, 0.15) is 0 Å². The SMILES string of the molecule is CNC(=O)CCNc1cccc(N(C)C)c1. The predicted molar refractivity (Wildman–Crippen MR) is 67.9 cm³/mol. The molecule has 1 amide bonds. The van der Waals surface area contributed by atoms with Gasteiger partial charge in [0.15, 0.2) is 0 Å². The van der Waals surface area contributed by atoms with Gasteiger partial charge in [-0.1, -0.05) is 6.07 Å². The van der Waals surface area contributed by atoms with Gasteiger partial charge in [-0.25, -0.2) is 0 Å². The second kappa shape index (κ2) is 6.00. The van der Waals surface area contributed by atoms with Crippen LogP contribution >= 0.6 is 0 Å². The highest BCUT2D eigenvalue weighted by molar-refractivity contribution is 5.76. The van der Waals surface area contributed by atoms with Crippen LogP contribution < -0.4 is 15.5 Å². The maximum atomic E-state index is 11.0. The van der Waals surface area contributed by atoms with Crippen LogP contribution in [0.1, 0.15) is 6.42 Å². The van der Waals surface area contributed by atoms with Crippen LogP contribution in [0, 0.1) is 0 Å². The molecule has 1 aromatic rings. The van der Waals surface area contributed by atoms with Crippen LogP contribution in [-0.2, 0) is 4.79 Å². The number of nitrogens with zero attached hydrogens (tertiary/aromatic N) is 1. The minimum atomic E-state index is 0.0521. The fourth-order valence-electron chi connectivity index (χ4n) is 1.34. The zero-order valence-corrected chi connectivity index (χ0v) is 10.1. The maximum Gasteiger partial charge on any atom is 0.221 e. The van der Waals surface area contributed by atoms with Crippen LogP contribution in [0.3, 0.4) is 0 Å². The lowest BCUT2D eigenvalue weighted by molar-refractivity contribution is -0.120. The van der Waals surface area contributed by atoms with Crippen LogP contribution in [0.15, 0.2) is 24.3 Å². The Morgan fingerprint density at radius 2 is 2.12 bits per heavy atom. The maximum absolute atomic E-state index is 11.0. The van der Waals surface area contributed by atoms with E-state index in [-0.39, 0.29) is 5.91 Å². The molecule has 1 rings (SSSR count). The molecule has 88 valence electrons.